The van der Waals surface area contributed by atoms with Gasteiger partial charge >= 0.3 is 12.1 Å². The lowest BCUT2D eigenvalue weighted by atomic mass is 10.1. The van der Waals surface area contributed by atoms with Gasteiger partial charge in [-0.15, -0.1) is 0 Å². The third-order valence-electron chi connectivity index (χ3n) is 3.27. The predicted octanol–water partition coefficient (Wildman–Crippen LogP) is 2.50. The number of aliphatic hydroxyl groups excluding tert-OH is 1. The Labute approximate surface area is 134 Å². The smallest absolute Gasteiger partial charge is 0.419 e. The van der Waals surface area contributed by atoms with Gasteiger partial charge in [0, 0.05) is 18.0 Å². The number of aromatic nitrogens is 1. The first-order valence-electron chi connectivity index (χ1n) is 7.31. The van der Waals surface area contributed by atoms with Crippen molar-refractivity contribution in [3.05, 3.63) is 36.0 Å². The van der Waals surface area contributed by atoms with Gasteiger partial charge in [0.25, 0.3) is 0 Å². The van der Waals surface area contributed by atoms with Crippen molar-refractivity contribution >= 4 is 23.0 Å². The molecule has 1 aromatic carbocycles. The lowest BCUT2D eigenvalue weighted by Gasteiger charge is -2.19. The Balaban J connectivity index is 2.40. The molecule has 0 saturated heterocycles. The Hall–Kier alpha value is -2.34. The molecule has 0 aliphatic carbocycles. The summed E-state index contributed by atoms with van der Waals surface area (Å²) in [7, 11) is 1.22. The molecule has 0 amide bonds. The fourth-order valence-electron chi connectivity index (χ4n) is 2.30. The molecule has 124 valence electrons. The first-order valence-corrected chi connectivity index (χ1v) is 7.31. The van der Waals surface area contributed by atoms with Crippen molar-refractivity contribution < 1.29 is 24.2 Å². The number of nitrogens with zero attached hydrogens (tertiary/aromatic N) is 1. The minimum absolute atomic E-state index is 0.0585. The fraction of sp³-hybridized carbons (Fsp3) is 0.412. The van der Waals surface area contributed by atoms with Crippen molar-refractivity contribution in [3.63, 3.8) is 0 Å². The lowest BCUT2D eigenvalue weighted by molar-refractivity contribution is -0.150. The minimum Gasteiger partial charge on any atom is -0.467 e. The molecule has 0 fully saturated rings. The molecule has 0 aliphatic rings. The molecule has 2 rings (SSSR count). The van der Waals surface area contributed by atoms with E-state index < -0.39 is 23.8 Å². The third kappa shape index (κ3) is 3.90. The van der Waals surface area contributed by atoms with Crippen LogP contribution in [0.2, 0.25) is 0 Å². The van der Waals surface area contributed by atoms with Crippen LogP contribution in [0.25, 0.3) is 10.9 Å². The molecule has 0 aliphatic heterocycles. The first-order chi connectivity index (χ1) is 10.7. The zero-order valence-corrected chi connectivity index (χ0v) is 13.7. The fourth-order valence-corrected chi connectivity index (χ4v) is 2.30. The van der Waals surface area contributed by atoms with Crippen molar-refractivity contribution in [1.82, 2.24) is 4.57 Å². The van der Waals surface area contributed by atoms with E-state index in [4.69, 9.17) is 4.74 Å². The zero-order chi connectivity index (χ0) is 17.2. The largest absolute Gasteiger partial charge is 0.467 e. The van der Waals surface area contributed by atoms with Gasteiger partial charge in [-0.3, -0.25) is 4.57 Å². The molecule has 2 aromatic rings. The molecule has 1 N–H and O–H groups in total. The van der Waals surface area contributed by atoms with Gasteiger partial charge in [-0.1, -0.05) is 18.2 Å². The summed E-state index contributed by atoms with van der Waals surface area (Å²) >= 11 is 0. The van der Waals surface area contributed by atoms with E-state index in [9.17, 15) is 14.7 Å². The summed E-state index contributed by atoms with van der Waals surface area (Å²) in [6, 6.07) is 7.25. The molecular formula is C17H21NO5. The quantitative estimate of drug-likeness (QED) is 0.880. The summed E-state index contributed by atoms with van der Waals surface area (Å²) in [5.74, 6) is -0.709. The van der Waals surface area contributed by atoms with E-state index in [1.165, 1.54) is 11.7 Å². The second kappa shape index (κ2) is 6.42. The number of benzene rings is 1. The lowest BCUT2D eigenvalue weighted by Crippen LogP contribution is -2.27. The number of para-hydroxylation sites is 1. The molecule has 1 aromatic heterocycles. The number of hydrogen-bond donors (Lipinski definition) is 1. The van der Waals surface area contributed by atoms with Gasteiger partial charge in [0.1, 0.15) is 5.60 Å². The van der Waals surface area contributed by atoms with E-state index >= 15 is 0 Å². The van der Waals surface area contributed by atoms with Crippen LogP contribution >= 0.6 is 0 Å². The summed E-state index contributed by atoms with van der Waals surface area (Å²) in [5.41, 5.74) is 0.715. The van der Waals surface area contributed by atoms with E-state index in [0.717, 1.165) is 5.39 Å². The number of methoxy groups -OCH3 is 1. The van der Waals surface area contributed by atoms with Crippen molar-refractivity contribution in [2.24, 2.45) is 0 Å². The Morgan fingerprint density at radius 2 is 1.91 bits per heavy atom. The van der Waals surface area contributed by atoms with Crippen LogP contribution in [0.1, 0.15) is 26.3 Å². The number of esters is 1. The van der Waals surface area contributed by atoms with Gasteiger partial charge in [0.2, 0.25) is 0 Å². The van der Waals surface area contributed by atoms with Gasteiger partial charge in [-0.25, -0.2) is 9.59 Å². The Bertz CT molecular complexity index is 726. The highest BCUT2D eigenvalue weighted by Crippen LogP contribution is 2.24. The molecule has 1 heterocycles. The number of fused-ring (bicyclic) bond motifs is 1. The van der Waals surface area contributed by atoms with Crippen molar-refractivity contribution in [3.8, 4) is 0 Å². The van der Waals surface area contributed by atoms with Crippen molar-refractivity contribution in [1.29, 1.82) is 0 Å². The highest BCUT2D eigenvalue weighted by Gasteiger charge is 2.23. The standard InChI is InChI=1S/C17H21NO5/c1-17(2,3)23-16(21)18-10-11(9-14(19)15(20)22-4)12-7-5-6-8-13(12)18/h5-8,10,14,19H,9H2,1-4H3/t14-/m0/s1. The maximum Gasteiger partial charge on any atom is 0.419 e. The Kier molecular flexibility index (Phi) is 4.75. The van der Waals surface area contributed by atoms with Crippen LogP contribution in [0.4, 0.5) is 4.79 Å². The minimum atomic E-state index is -1.28. The van der Waals surface area contributed by atoms with Gasteiger partial charge in [-0.2, -0.15) is 0 Å². The van der Waals surface area contributed by atoms with Crippen LogP contribution in [0.3, 0.4) is 0 Å². The predicted molar refractivity (Wildman–Crippen MR) is 85.3 cm³/mol. The zero-order valence-electron chi connectivity index (χ0n) is 13.7. The number of hydrogen-bond acceptors (Lipinski definition) is 5. The van der Waals surface area contributed by atoms with Crippen LogP contribution < -0.4 is 0 Å². The number of ether oxygens (including phenoxy) is 2. The SMILES string of the molecule is COC(=O)[C@@H](O)Cc1cn(C(=O)OC(C)(C)C)c2ccccc12. The first kappa shape index (κ1) is 17.0. The molecule has 0 radical (unpaired) electrons. The Morgan fingerprint density at radius 1 is 1.26 bits per heavy atom. The summed E-state index contributed by atoms with van der Waals surface area (Å²) < 4.78 is 11.3. The van der Waals surface area contributed by atoms with E-state index in [1.54, 1.807) is 33.0 Å². The summed E-state index contributed by atoms with van der Waals surface area (Å²) in [4.78, 5) is 23.8. The van der Waals surface area contributed by atoms with Crippen molar-refractivity contribution in [2.75, 3.05) is 7.11 Å². The normalized spacial score (nSPS) is 12.9. The van der Waals surface area contributed by atoms with E-state index in [1.807, 2.05) is 18.2 Å². The molecule has 0 unspecified atom stereocenters. The molecule has 0 bridgehead atoms. The topological polar surface area (TPSA) is 77.8 Å². The molecule has 1 atom stereocenters. The van der Waals surface area contributed by atoms with E-state index in [-0.39, 0.29) is 6.42 Å². The number of rotatable bonds is 3. The maximum atomic E-state index is 12.4. The molecular weight excluding hydrogens is 298 g/mol. The van der Waals surface area contributed by atoms with Crippen molar-refractivity contribution in [2.45, 2.75) is 38.9 Å². The number of aliphatic hydroxyl groups is 1. The highest BCUT2D eigenvalue weighted by molar-refractivity contribution is 5.92. The average Bonchev–Trinajstić information content (AvgIpc) is 2.84. The second-order valence-electron chi connectivity index (χ2n) is 6.26. The van der Waals surface area contributed by atoms with E-state index in [2.05, 4.69) is 4.74 Å². The number of carbonyl (C=O) groups is 2. The average molecular weight is 319 g/mol. The molecule has 0 saturated carbocycles. The molecule has 23 heavy (non-hydrogen) atoms. The Morgan fingerprint density at radius 3 is 2.52 bits per heavy atom. The second-order valence-corrected chi connectivity index (χ2v) is 6.26. The molecule has 0 spiro atoms. The third-order valence-corrected chi connectivity index (χ3v) is 3.27. The van der Waals surface area contributed by atoms with Gasteiger partial charge < -0.3 is 14.6 Å². The number of carbonyl (C=O) groups excluding carboxylic acids is 2. The van der Waals surface area contributed by atoms with Gasteiger partial charge in [0.15, 0.2) is 6.10 Å². The van der Waals surface area contributed by atoms with Crippen LogP contribution in [0, 0.1) is 0 Å². The maximum absolute atomic E-state index is 12.4. The van der Waals surface area contributed by atoms with Gasteiger partial charge in [0.05, 0.1) is 12.6 Å². The van der Waals surface area contributed by atoms with Crippen LogP contribution in [-0.2, 0) is 20.7 Å². The highest BCUT2D eigenvalue weighted by atomic mass is 16.6. The summed E-state index contributed by atoms with van der Waals surface area (Å²) in [6.07, 6.45) is -0.140. The monoisotopic (exact) mass is 319 g/mol. The molecule has 6 nitrogen and oxygen atoms in total. The summed E-state index contributed by atoms with van der Waals surface area (Å²) in [6.45, 7) is 5.37. The van der Waals surface area contributed by atoms with Crippen LogP contribution in [0.5, 0.6) is 0 Å². The van der Waals surface area contributed by atoms with Crippen LogP contribution in [-0.4, -0.2) is 40.6 Å². The van der Waals surface area contributed by atoms with Crippen LogP contribution in [0.15, 0.2) is 30.5 Å². The van der Waals surface area contributed by atoms with E-state index in [0.29, 0.717) is 11.1 Å². The van der Waals surface area contributed by atoms with Gasteiger partial charge in [-0.05, 0) is 32.4 Å². The summed E-state index contributed by atoms with van der Waals surface area (Å²) in [5, 5.41) is 10.6. The molecule has 6 heteroatoms.